The Morgan fingerprint density at radius 2 is 2.19 bits per heavy atom. The number of phenolic OH excluding ortho intramolecular Hbond substituents is 1. The minimum Gasteiger partial charge on any atom is -0.508 e. The molecule has 0 amide bonds. The van der Waals surface area contributed by atoms with Crippen LogP contribution in [0.5, 0.6) is 5.75 Å². The molecule has 1 rings (SSSR count). The quantitative estimate of drug-likeness (QED) is 0.798. The molecule has 1 aromatic rings. The molecular formula is C11H13ClO4. The van der Waals surface area contributed by atoms with Crippen LogP contribution < -0.4 is 0 Å². The number of esters is 1. The maximum Gasteiger partial charge on any atom is 0.339 e. The third-order valence-electron chi connectivity index (χ3n) is 2.11. The van der Waals surface area contributed by atoms with Gasteiger partial charge < -0.3 is 14.9 Å². The van der Waals surface area contributed by atoms with Gasteiger partial charge in [0.25, 0.3) is 0 Å². The molecule has 1 unspecified atom stereocenters. The van der Waals surface area contributed by atoms with E-state index in [9.17, 15) is 15.0 Å². The molecule has 0 aliphatic heterocycles. The largest absolute Gasteiger partial charge is 0.508 e. The lowest BCUT2D eigenvalue weighted by atomic mass is 10.1. The summed E-state index contributed by atoms with van der Waals surface area (Å²) in [5.41, 5.74) is 0.716. The van der Waals surface area contributed by atoms with E-state index >= 15 is 0 Å². The zero-order chi connectivity index (χ0) is 12.3. The van der Waals surface area contributed by atoms with Crippen LogP contribution in [0.25, 0.3) is 0 Å². The highest BCUT2D eigenvalue weighted by atomic mass is 35.5. The van der Waals surface area contributed by atoms with Crippen molar-refractivity contribution in [1.82, 2.24) is 0 Å². The van der Waals surface area contributed by atoms with Crippen LogP contribution in [0.1, 0.15) is 24.2 Å². The van der Waals surface area contributed by atoms with E-state index in [4.69, 9.17) is 11.6 Å². The van der Waals surface area contributed by atoms with Gasteiger partial charge in [0, 0.05) is 10.6 Å². The molecule has 16 heavy (non-hydrogen) atoms. The third-order valence-corrected chi connectivity index (χ3v) is 2.52. The Morgan fingerprint density at radius 3 is 2.75 bits per heavy atom. The molecule has 0 heterocycles. The van der Waals surface area contributed by atoms with Crippen LogP contribution in [-0.2, 0) is 9.53 Å². The Labute approximate surface area is 98.4 Å². The molecule has 0 radical (unpaired) electrons. The highest BCUT2D eigenvalue weighted by Crippen LogP contribution is 2.30. The molecule has 0 aliphatic carbocycles. The minimum atomic E-state index is -1.52. The van der Waals surface area contributed by atoms with Gasteiger partial charge in [0.1, 0.15) is 5.75 Å². The summed E-state index contributed by atoms with van der Waals surface area (Å²) >= 11 is 5.84. The summed E-state index contributed by atoms with van der Waals surface area (Å²) in [6, 6.07) is 2.74. The lowest BCUT2D eigenvalue weighted by Gasteiger charge is -2.12. The first-order valence-electron chi connectivity index (χ1n) is 4.81. The Bertz CT molecular complexity index is 403. The van der Waals surface area contributed by atoms with Crippen LogP contribution in [0.2, 0.25) is 5.02 Å². The SMILES string of the molecule is CCOC(=O)C(O)c1cc(Cl)c(C)cc1O. The Morgan fingerprint density at radius 1 is 1.56 bits per heavy atom. The average Bonchev–Trinajstić information content (AvgIpc) is 2.23. The fraction of sp³-hybridized carbons (Fsp3) is 0.364. The third kappa shape index (κ3) is 2.65. The first-order valence-corrected chi connectivity index (χ1v) is 5.18. The Hall–Kier alpha value is -1.26. The van der Waals surface area contributed by atoms with Gasteiger partial charge in [-0.2, -0.15) is 0 Å². The lowest BCUT2D eigenvalue weighted by Crippen LogP contribution is -2.15. The number of carbonyl (C=O) groups is 1. The highest BCUT2D eigenvalue weighted by Gasteiger charge is 2.22. The number of aromatic hydroxyl groups is 1. The molecule has 0 fully saturated rings. The summed E-state index contributed by atoms with van der Waals surface area (Å²) in [5, 5.41) is 19.6. The summed E-state index contributed by atoms with van der Waals surface area (Å²) in [6.07, 6.45) is -1.52. The lowest BCUT2D eigenvalue weighted by molar-refractivity contribution is -0.153. The van der Waals surface area contributed by atoms with Gasteiger partial charge in [-0.1, -0.05) is 11.6 Å². The normalized spacial score (nSPS) is 12.2. The van der Waals surface area contributed by atoms with E-state index in [-0.39, 0.29) is 17.9 Å². The van der Waals surface area contributed by atoms with E-state index in [1.807, 2.05) is 0 Å². The van der Waals surface area contributed by atoms with Crippen LogP contribution in [0, 0.1) is 6.92 Å². The summed E-state index contributed by atoms with van der Waals surface area (Å²) in [7, 11) is 0. The predicted octanol–water partition coefficient (Wildman–Crippen LogP) is 1.95. The zero-order valence-corrected chi connectivity index (χ0v) is 9.78. The summed E-state index contributed by atoms with van der Waals surface area (Å²) in [5.74, 6) is -0.986. The summed E-state index contributed by atoms with van der Waals surface area (Å²) in [4.78, 5) is 11.3. The van der Waals surface area contributed by atoms with Crippen LogP contribution in [0.4, 0.5) is 0 Å². The molecule has 1 atom stereocenters. The second-order valence-corrected chi connectivity index (χ2v) is 3.72. The number of aryl methyl sites for hydroxylation is 1. The van der Waals surface area contributed by atoms with Gasteiger partial charge >= 0.3 is 5.97 Å². The first-order chi connectivity index (χ1) is 7.47. The minimum absolute atomic E-state index is 0.0500. The van der Waals surface area contributed by atoms with Crippen molar-refractivity contribution in [2.24, 2.45) is 0 Å². The van der Waals surface area contributed by atoms with E-state index in [1.165, 1.54) is 12.1 Å². The second-order valence-electron chi connectivity index (χ2n) is 3.31. The molecule has 0 saturated carbocycles. The van der Waals surface area contributed by atoms with Crippen LogP contribution >= 0.6 is 11.6 Å². The van der Waals surface area contributed by atoms with Crippen molar-refractivity contribution in [3.8, 4) is 5.75 Å². The van der Waals surface area contributed by atoms with Gasteiger partial charge in [0.2, 0.25) is 0 Å². The van der Waals surface area contributed by atoms with Crippen molar-refractivity contribution < 1.29 is 19.7 Å². The van der Waals surface area contributed by atoms with Crippen molar-refractivity contribution in [1.29, 1.82) is 0 Å². The van der Waals surface area contributed by atoms with Gasteiger partial charge in [-0.05, 0) is 31.5 Å². The molecule has 5 heteroatoms. The van der Waals surface area contributed by atoms with Crippen LogP contribution in [0.15, 0.2) is 12.1 Å². The molecule has 1 aromatic carbocycles. The molecular weight excluding hydrogens is 232 g/mol. The summed E-state index contributed by atoms with van der Waals surface area (Å²) < 4.78 is 4.64. The molecule has 2 N–H and O–H groups in total. The van der Waals surface area contributed by atoms with Gasteiger partial charge in [-0.25, -0.2) is 4.79 Å². The number of phenols is 1. The fourth-order valence-corrected chi connectivity index (χ4v) is 1.42. The van der Waals surface area contributed by atoms with Crippen LogP contribution in [0.3, 0.4) is 0 Å². The van der Waals surface area contributed by atoms with Crippen molar-refractivity contribution in [3.05, 3.63) is 28.3 Å². The molecule has 88 valence electrons. The molecule has 0 bridgehead atoms. The number of rotatable bonds is 3. The van der Waals surface area contributed by atoms with Gasteiger partial charge in [0.15, 0.2) is 6.10 Å². The number of hydrogen-bond donors (Lipinski definition) is 2. The predicted molar refractivity (Wildman–Crippen MR) is 59.4 cm³/mol. The van der Waals surface area contributed by atoms with Crippen molar-refractivity contribution in [2.45, 2.75) is 20.0 Å². The van der Waals surface area contributed by atoms with E-state index in [1.54, 1.807) is 13.8 Å². The maximum atomic E-state index is 11.3. The number of ether oxygens (including phenoxy) is 1. The van der Waals surface area contributed by atoms with Crippen molar-refractivity contribution in [2.75, 3.05) is 6.61 Å². The zero-order valence-electron chi connectivity index (χ0n) is 9.03. The standard InChI is InChI=1S/C11H13ClO4/c1-3-16-11(15)10(14)7-5-8(12)6(2)4-9(7)13/h4-5,10,13-14H,3H2,1-2H3. The number of benzene rings is 1. The molecule has 0 aromatic heterocycles. The van der Waals surface area contributed by atoms with E-state index in [2.05, 4.69) is 4.74 Å². The average molecular weight is 245 g/mol. The number of halogens is 1. The van der Waals surface area contributed by atoms with Crippen LogP contribution in [-0.4, -0.2) is 22.8 Å². The van der Waals surface area contributed by atoms with Gasteiger partial charge in [-0.15, -0.1) is 0 Å². The number of aliphatic hydroxyl groups is 1. The monoisotopic (exact) mass is 244 g/mol. The fourth-order valence-electron chi connectivity index (χ4n) is 1.25. The molecule has 0 saturated heterocycles. The number of aliphatic hydroxyl groups excluding tert-OH is 1. The summed E-state index contributed by atoms with van der Waals surface area (Å²) in [6.45, 7) is 3.51. The second kappa shape index (κ2) is 5.18. The maximum absolute atomic E-state index is 11.3. The first kappa shape index (κ1) is 12.8. The van der Waals surface area contributed by atoms with E-state index < -0.39 is 12.1 Å². The van der Waals surface area contributed by atoms with Gasteiger partial charge in [-0.3, -0.25) is 0 Å². The molecule has 0 aliphatic rings. The van der Waals surface area contributed by atoms with E-state index in [0.717, 1.165) is 0 Å². The molecule has 4 nitrogen and oxygen atoms in total. The molecule has 0 spiro atoms. The Kier molecular flexibility index (Phi) is 4.15. The number of carbonyl (C=O) groups excluding carboxylic acids is 1. The number of hydrogen-bond acceptors (Lipinski definition) is 4. The van der Waals surface area contributed by atoms with Crippen molar-refractivity contribution >= 4 is 17.6 Å². The smallest absolute Gasteiger partial charge is 0.339 e. The highest BCUT2D eigenvalue weighted by molar-refractivity contribution is 6.31. The van der Waals surface area contributed by atoms with E-state index in [0.29, 0.717) is 10.6 Å². The topological polar surface area (TPSA) is 66.8 Å². The van der Waals surface area contributed by atoms with Crippen molar-refractivity contribution in [3.63, 3.8) is 0 Å². The Balaban J connectivity index is 3.04. The van der Waals surface area contributed by atoms with Gasteiger partial charge in [0.05, 0.1) is 6.61 Å².